The van der Waals surface area contributed by atoms with Gasteiger partial charge in [0.1, 0.15) is 11.6 Å². The van der Waals surface area contributed by atoms with Crippen LogP contribution in [0.1, 0.15) is 88.0 Å². The molecule has 0 saturated carbocycles. The summed E-state index contributed by atoms with van der Waals surface area (Å²) in [6.07, 6.45) is 6.53. The lowest BCUT2D eigenvalue weighted by atomic mass is 9.90. The second-order valence-corrected chi connectivity index (χ2v) is 11.5. The van der Waals surface area contributed by atoms with Crippen molar-refractivity contribution >= 4 is 12.6 Å². The Morgan fingerprint density at radius 1 is 1.12 bits per heavy atom. The highest BCUT2D eigenvalue weighted by Crippen LogP contribution is 2.22. The van der Waals surface area contributed by atoms with Crippen molar-refractivity contribution in [2.24, 2.45) is 10.4 Å². The van der Waals surface area contributed by atoms with Gasteiger partial charge in [0.25, 0.3) is 0 Å². The Morgan fingerprint density at radius 2 is 1.71 bits per heavy atom. The van der Waals surface area contributed by atoms with E-state index in [2.05, 4.69) is 55.0 Å². The number of allylic oxidation sites excluding steroid dienone is 5. The summed E-state index contributed by atoms with van der Waals surface area (Å²) in [5.74, 6) is -1.22. The van der Waals surface area contributed by atoms with E-state index in [1.807, 2.05) is 33.8 Å². The monoisotopic (exact) mass is 573 g/mol. The van der Waals surface area contributed by atoms with Crippen molar-refractivity contribution in [3.05, 3.63) is 59.2 Å². The third kappa shape index (κ3) is 14.8. The number of hydrogen-bond acceptors (Lipinski definition) is 6. The van der Waals surface area contributed by atoms with E-state index in [0.29, 0.717) is 18.8 Å². The lowest BCUT2D eigenvalue weighted by Crippen LogP contribution is -2.47. The molecule has 0 heterocycles. The number of hydrogen-bond donors (Lipinski definition) is 4. The molecule has 0 aliphatic heterocycles. The summed E-state index contributed by atoms with van der Waals surface area (Å²) in [6.45, 7) is 26.6. The first-order chi connectivity index (χ1) is 19.1. The maximum Gasteiger partial charge on any atom is 0.167 e. The predicted molar refractivity (Wildman–Crippen MR) is 170 cm³/mol. The minimum Gasteiger partial charge on any atom is -0.385 e. The highest BCUT2D eigenvalue weighted by molar-refractivity contribution is 5.94. The van der Waals surface area contributed by atoms with E-state index in [0.717, 1.165) is 25.0 Å². The number of amidine groups is 1. The molecule has 0 rings (SSSR count). The number of nitrogens with zero attached hydrogens (tertiary/aromatic N) is 3. The summed E-state index contributed by atoms with van der Waals surface area (Å²) in [6, 6.07) is 1.44. The lowest BCUT2D eigenvalue weighted by molar-refractivity contribution is 0.357. The molecule has 4 N–H and O–H groups in total. The molecular formula is C32H53F2N7. The highest BCUT2D eigenvalue weighted by atomic mass is 19.1. The molecule has 0 saturated heterocycles. The second kappa shape index (κ2) is 19.0. The highest BCUT2D eigenvalue weighted by Gasteiger charge is 2.20. The molecule has 0 aromatic heterocycles. The van der Waals surface area contributed by atoms with Gasteiger partial charge in [-0.2, -0.15) is 5.26 Å². The first-order valence-electron chi connectivity index (χ1n) is 14.4. The molecule has 3 atom stereocenters. The van der Waals surface area contributed by atoms with E-state index < -0.39 is 17.7 Å². The van der Waals surface area contributed by atoms with Gasteiger partial charge in [-0.15, -0.1) is 0 Å². The molecule has 0 radical (unpaired) electrons. The Kier molecular flexibility index (Phi) is 17.5. The fourth-order valence-corrected chi connectivity index (χ4v) is 4.10. The van der Waals surface area contributed by atoms with E-state index in [1.54, 1.807) is 24.8 Å². The zero-order valence-electron chi connectivity index (χ0n) is 26.7. The Morgan fingerprint density at radius 3 is 2.17 bits per heavy atom. The standard InChI is InChI=1S/C32H53F2N7/c1-12-17-41(18-13-2)30(36)29(34)19-27(14-3)40-31(37-11)26(21-35)15-16-28(33)25(7)39-24(6)23(5)38-22(4)20-32(8,9)10/h14,16,19,23-25,36,38-40H,4,11-13,15,17-18,20H2,1-3,5-10H3/b27-14+,28-16+,29-19+,31-26-,36-30?/t23-,24?,25?/m0/s1. The van der Waals surface area contributed by atoms with Crippen LogP contribution in [-0.4, -0.2) is 48.7 Å². The van der Waals surface area contributed by atoms with Gasteiger partial charge in [-0.05, 0) is 65.2 Å². The smallest absolute Gasteiger partial charge is 0.167 e. The summed E-state index contributed by atoms with van der Waals surface area (Å²) >= 11 is 0. The molecule has 9 heteroatoms. The Hall–Kier alpha value is -3.25. The van der Waals surface area contributed by atoms with Crippen LogP contribution < -0.4 is 16.0 Å². The van der Waals surface area contributed by atoms with E-state index >= 15 is 4.39 Å². The van der Waals surface area contributed by atoms with Crippen molar-refractivity contribution in [2.75, 3.05) is 13.1 Å². The van der Waals surface area contributed by atoms with E-state index in [-0.39, 0.29) is 41.1 Å². The van der Waals surface area contributed by atoms with Crippen molar-refractivity contribution in [2.45, 2.75) is 106 Å². The van der Waals surface area contributed by atoms with Gasteiger partial charge < -0.3 is 20.9 Å². The number of nitriles is 1. The average molecular weight is 574 g/mol. The van der Waals surface area contributed by atoms with Crippen LogP contribution in [0, 0.1) is 22.2 Å². The molecule has 0 spiro atoms. The van der Waals surface area contributed by atoms with Crippen molar-refractivity contribution in [1.82, 2.24) is 20.9 Å². The van der Waals surface area contributed by atoms with Crippen LogP contribution in [0.15, 0.2) is 64.2 Å². The Balaban J connectivity index is 5.53. The molecule has 0 aliphatic carbocycles. The van der Waals surface area contributed by atoms with Gasteiger partial charge in [0.15, 0.2) is 11.7 Å². The molecule has 7 nitrogen and oxygen atoms in total. The fourth-order valence-electron chi connectivity index (χ4n) is 4.10. The average Bonchev–Trinajstić information content (AvgIpc) is 2.89. The molecule has 0 aromatic carbocycles. The molecule has 0 aliphatic rings. The molecule has 230 valence electrons. The maximum atomic E-state index is 15.0. The molecule has 41 heavy (non-hydrogen) atoms. The molecule has 0 fully saturated rings. The van der Waals surface area contributed by atoms with Gasteiger partial charge in [-0.3, -0.25) is 5.41 Å². The Bertz CT molecular complexity index is 1040. The van der Waals surface area contributed by atoms with Crippen LogP contribution in [0.5, 0.6) is 0 Å². The Labute approximate surface area is 247 Å². The summed E-state index contributed by atoms with van der Waals surface area (Å²) in [5.41, 5.74) is 1.51. The van der Waals surface area contributed by atoms with E-state index in [9.17, 15) is 9.65 Å². The molecule has 2 unspecified atom stereocenters. The van der Waals surface area contributed by atoms with Crippen molar-refractivity contribution in [3.63, 3.8) is 0 Å². The minimum atomic E-state index is -0.708. The largest absolute Gasteiger partial charge is 0.385 e. The number of aliphatic imine (C=N–C) groups is 1. The minimum absolute atomic E-state index is 0.0277. The molecule has 0 aromatic rings. The van der Waals surface area contributed by atoms with Crippen molar-refractivity contribution in [1.29, 1.82) is 10.7 Å². The zero-order valence-corrected chi connectivity index (χ0v) is 26.7. The summed E-state index contributed by atoms with van der Waals surface area (Å²) in [7, 11) is 0. The van der Waals surface area contributed by atoms with Gasteiger partial charge >= 0.3 is 0 Å². The van der Waals surface area contributed by atoms with Crippen LogP contribution in [0.3, 0.4) is 0 Å². The molecular weight excluding hydrogens is 520 g/mol. The lowest BCUT2D eigenvalue weighted by Gasteiger charge is -2.29. The van der Waals surface area contributed by atoms with Gasteiger partial charge in [0.2, 0.25) is 0 Å². The normalized spacial score (nSPS) is 15.7. The van der Waals surface area contributed by atoms with Crippen LogP contribution in [0.4, 0.5) is 8.78 Å². The van der Waals surface area contributed by atoms with Crippen LogP contribution in [0.2, 0.25) is 0 Å². The maximum absolute atomic E-state index is 15.0. The second-order valence-electron chi connectivity index (χ2n) is 11.5. The third-order valence-electron chi connectivity index (χ3n) is 6.32. The first-order valence-corrected chi connectivity index (χ1v) is 14.4. The zero-order chi connectivity index (χ0) is 31.8. The van der Waals surface area contributed by atoms with E-state index in [4.69, 9.17) is 5.41 Å². The van der Waals surface area contributed by atoms with Crippen LogP contribution in [-0.2, 0) is 0 Å². The van der Waals surface area contributed by atoms with Crippen molar-refractivity contribution in [3.8, 4) is 6.07 Å². The molecule has 0 bridgehead atoms. The summed E-state index contributed by atoms with van der Waals surface area (Å²) in [4.78, 5) is 5.58. The van der Waals surface area contributed by atoms with Crippen LogP contribution >= 0.6 is 0 Å². The third-order valence-corrected chi connectivity index (χ3v) is 6.32. The predicted octanol–water partition coefficient (Wildman–Crippen LogP) is 7.41. The quantitative estimate of drug-likeness (QED) is 0.0592. The first kappa shape index (κ1) is 37.8. The van der Waals surface area contributed by atoms with Crippen molar-refractivity contribution < 1.29 is 8.78 Å². The number of rotatable bonds is 18. The van der Waals surface area contributed by atoms with E-state index in [1.165, 1.54) is 12.2 Å². The van der Waals surface area contributed by atoms with Gasteiger partial charge in [-0.25, -0.2) is 13.8 Å². The fraction of sp³-hybridized carbons (Fsp3) is 0.594. The number of nitrogens with one attached hydrogen (secondary N) is 4. The molecule has 0 amide bonds. The summed E-state index contributed by atoms with van der Waals surface area (Å²) < 4.78 is 29.9. The topological polar surface area (TPSA) is 99.3 Å². The summed E-state index contributed by atoms with van der Waals surface area (Å²) in [5, 5.41) is 27.5. The van der Waals surface area contributed by atoms with Crippen LogP contribution in [0.25, 0.3) is 0 Å². The number of halogens is 2. The SMILES string of the molecule is C=N/C(NC(=C/C)/C=C(/F)C(=N)N(CCC)CCC)=C(/C#N)C/C=C(/F)C(C)NC(C)[C@H](C)NC(=C)CC(C)(C)C. The van der Waals surface area contributed by atoms with Gasteiger partial charge in [0, 0.05) is 49.1 Å². The van der Waals surface area contributed by atoms with Gasteiger partial charge in [-0.1, -0.05) is 47.3 Å². The van der Waals surface area contributed by atoms with Gasteiger partial charge in [0.05, 0.1) is 17.7 Å².